The topological polar surface area (TPSA) is 79.3 Å². The predicted octanol–water partition coefficient (Wildman–Crippen LogP) is 4.77. The van der Waals surface area contributed by atoms with Crippen LogP contribution in [0.4, 0.5) is 13.2 Å². The van der Waals surface area contributed by atoms with Crippen LogP contribution in [0.2, 0.25) is 0 Å². The largest absolute Gasteiger partial charge is 0.534 e. The van der Waals surface area contributed by atoms with Crippen LogP contribution >= 0.6 is 0 Å². The number of likely N-dealkylation sites (tertiary alicyclic amines) is 1. The van der Waals surface area contributed by atoms with Crippen molar-refractivity contribution in [1.29, 1.82) is 0 Å². The van der Waals surface area contributed by atoms with Gasteiger partial charge in [0, 0.05) is 30.7 Å². The Bertz CT molecular complexity index is 1600. The molecule has 43 heavy (non-hydrogen) atoms. The van der Waals surface area contributed by atoms with Crippen LogP contribution in [0.25, 0.3) is 0 Å². The predicted molar refractivity (Wildman–Crippen MR) is 153 cm³/mol. The molecular weight excluding hydrogens is 581 g/mol. The van der Waals surface area contributed by atoms with Gasteiger partial charge in [-0.15, -0.1) is 0 Å². The highest BCUT2D eigenvalue weighted by atomic mass is 32.2. The minimum Gasteiger partial charge on any atom is -0.483 e. The Labute approximate surface area is 249 Å². The lowest BCUT2D eigenvalue weighted by Crippen LogP contribution is -2.77. The first kappa shape index (κ1) is 28.6. The molecule has 228 valence electrons. The van der Waals surface area contributed by atoms with Crippen molar-refractivity contribution in [2.45, 2.75) is 73.5 Å². The number of hydrogen-bond acceptors (Lipinski definition) is 7. The summed E-state index contributed by atoms with van der Waals surface area (Å²) in [6.45, 7) is 1.84. The maximum atomic E-state index is 13.4. The second-order valence-electron chi connectivity index (χ2n) is 12.3. The summed E-state index contributed by atoms with van der Waals surface area (Å²) in [5, 5.41) is 12.6. The number of halogens is 3. The van der Waals surface area contributed by atoms with E-state index in [0.29, 0.717) is 50.9 Å². The molecule has 7 nitrogen and oxygen atoms in total. The van der Waals surface area contributed by atoms with Gasteiger partial charge in [0.15, 0.2) is 11.5 Å². The zero-order valence-electron chi connectivity index (χ0n) is 23.6. The van der Waals surface area contributed by atoms with Gasteiger partial charge < -0.3 is 18.9 Å². The number of hydrogen-bond donors (Lipinski definition) is 1. The Hall–Kier alpha value is -3.12. The number of piperidine rings is 1. The van der Waals surface area contributed by atoms with Gasteiger partial charge in [-0.25, -0.2) is 0 Å². The van der Waals surface area contributed by atoms with Crippen molar-refractivity contribution in [2.75, 3.05) is 13.6 Å². The molecule has 2 aliphatic carbocycles. The summed E-state index contributed by atoms with van der Waals surface area (Å²) >= 11 is 0. The van der Waals surface area contributed by atoms with Crippen LogP contribution in [-0.4, -0.2) is 66.2 Å². The van der Waals surface area contributed by atoms with Gasteiger partial charge in [0.2, 0.25) is 0 Å². The van der Waals surface area contributed by atoms with Crippen molar-refractivity contribution in [3.63, 3.8) is 0 Å². The minimum absolute atomic E-state index is 0.00280. The zero-order chi connectivity index (χ0) is 30.2. The van der Waals surface area contributed by atoms with Gasteiger partial charge in [-0.05, 0) is 62.0 Å². The van der Waals surface area contributed by atoms with E-state index in [4.69, 9.17) is 8.92 Å². The summed E-state index contributed by atoms with van der Waals surface area (Å²) in [4.78, 5) is 4.48. The highest BCUT2D eigenvalue weighted by molar-refractivity contribution is 7.88. The Morgan fingerprint density at radius 3 is 2.23 bits per heavy atom. The standard InChI is InChI=1S/C32H33F3N2O5S/c1-36-17-16-30-27-23-12-13-25(42-43(39,40)32(33,34)35)28(27)41-29(30)24(14-15-31(30,38)26(36)18-23)37(19-21-8-4-2-5-9-21)20-22-10-6-3-7-11-22/h2-13,24,26,29,38H,14-20H2,1H3/t24-,26-,29?,30+,31-/m1/s1. The molecule has 1 spiro atoms. The molecule has 1 unspecified atom stereocenters. The lowest BCUT2D eigenvalue weighted by molar-refractivity contribution is -0.197. The van der Waals surface area contributed by atoms with E-state index < -0.39 is 38.5 Å². The molecule has 11 heteroatoms. The summed E-state index contributed by atoms with van der Waals surface area (Å²) < 4.78 is 75.8. The van der Waals surface area contributed by atoms with Crippen LogP contribution in [0, 0.1) is 0 Å². The van der Waals surface area contributed by atoms with E-state index in [-0.39, 0.29) is 17.8 Å². The lowest BCUT2D eigenvalue weighted by atomic mass is 9.48. The summed E-state index contributed by atoms with van der Waals surface area (Å²) in [6.07, 6.45) is 1.41. The number of rotatable bonds is 7. The van der Waals surface area contributed by atoms with E-state index in [0.717, 1.165) is 16.7 Å². The molecule has 0 aromatic heterocycles. The molecule has 0 amide bonds. The molecule has 2 fully saturated rings. The molecule has 3 aromatic carbocycles. The van der Waals surface area contributed by atoms with Gasteiger partial charge in [-0.2, -0.15) is 21.6 Å². The Morgan fingerprint density at radius 1 is 1.00 bits per heavy atom. The average molecular weight is 615 g/mol. The average Bonchev–Trinajstić information content (AvgIpc) is 3.32. The van der Waals surface area contributed by atoms with Crippen LogP contribution in [0.5, 0.6) is 11.5 Å². The summed E-state index contributed by atoms with van der Waals surface area (Å²) in [5.74, 6) is -0.487. The number of ether oxygens (including phenoxy) is 1. The van der Waals surface area contributed by atoms with Crippen molar-refractivity contribution in [3.8, 4) is 11.5 Å². The fraction of sp³-hybridized carbons (Fsp3) is 0.438. The maximum absolute atomic E-state index is 13.4. The Morgan fingerprint density at radius 2 is 1.63 bits per heavy atom. The third-order valence-electron chi connectivity index (χ3n) is 10.1. The molecule has 0 radical (unpaired) electrons. The lowest BCUT2D eigenvalue weighted by Gasteiger charge is -2.64. The molecular formula is C32H33F3N2O5S. The smallest absolute Gasteiger partial charge is 0.483 e. The summed E-state index contributed by atoms with van der Waals surface area (Å²) in [7, 11) is -3.94. The number of alkyl halides is 3. The fourth-order valence-corrected chi connectivity index (χ4v) is 8.71. The van der Waals surface area contributed by atoms with E-state index >= 15 is 0 Å². The van der Waals surface area contributed by atoms with E-state index in [9.17, 15) is 26.7 Å². The van der Waals surface area contributed by atoms with Gasteiger partial charge in [0.1, 0.15) is 6.10 Å². The van der Waals surface area contributed by atoms with Crippen molar-refractivity contribution < 1.29 is 35.6 Å². The van der Waals surface area contributed by atoms with E-state index in [1.807, 2.05) is 43.4 Å². The third kappa shape index (κ3) is 4.30. The summed E-state index contributed by atoms with van der Waals surface area (Å²) in [6, 6.07) is 22.5. The molecule has 2 heterocycles. The molecule has 7 rings (SSSR count). The van der Waals surface area contributed by atoms with Crippen LogP contribution in [0.1, 0.15) is 41.5 Å². The van der Waals surface area contributed by atoms with Crippen molar-refractivity contribution in [2.24, 2.45) is 0 Å². The minimum atomic E-state index is -5.93. The van der Waals surface area contributed by atoms with Crippen molar-refractivity contribution in [1.82, 2.24) is 9.80 Å². The van der Waals surface area contributed by atoms with E-state index in [1.165, 1.54) is 6.07 Å². The second kappa shape index (κ2) is 9.95. The monoisotopic (exact) mass is 614 g/mol. The first-order chi connectivity index (χ1) is 20.4. The molecule has 5 atom stereocenters. The molecule has 4 aliphatic rings. The maximum Gasteiger partial charge on any atom is 0.534 e. The van der Waals surface area contributed by atoms with E-state index in [1.54, 1.807) is 6.07 Å². The second-order valence-corrected chi connectivity index (χ2v) is 13.8. The third-order valence-corrected chi connectivity index (χ3v) is 11.1. The van der Waals surface area contributed by atoms with Gasteiger partial charge in [0.25, 0.3) is 0 Å². The van der Waals surface area contributed by atoms with Gasteiger partial charge in [-0.3, -0.25) is 4.90 Å². The van der Waals surface area contributed by atoms with Crippen LogP contribution in [0.15, 0.2) is 72.8 Å². The highest BCUT2D eigenvalue weighted by Gasteiger charge is 2.73. The van der Waals surface area contributed by atoms with Crippen LogP contribution in [0.3, 0.4) is 0 Å². The molecule has 2 aliphatic heterocycles. The first-order valence-corrected chi connectivity index (χ1v) is 15.9. The Kier molecular flexibility index (Phi) is 6.63. The quantitative estimate of drug-likeness (QED) is 0.304. The van der Waals surface area contributed by atoms with Crippen LogP contribution in [-0.2, 0) is 35.0 Å². The normalized spacial score (nSPS) is 29.7. The molecule has 1 saturated heterocycles. The fourth-order valence-electron chi connectivity index (χ4n) is 8.25. The number of nitrogens with zero attached hydrogens (tertiary/aromatic N) is 2. The SMILES string of the molecule is CN1CC[C@]23c4c5ccc(OS(=O)(=O)C(F)(F)F)c4OC2[C@H](N(Cc2ccccc2)Cc2ccccc2)CC[C@@]3(O)[C@H]1C5. The van der Waals surface area contributed by atoms with Gasteiger partial charge >= 0.3 is 15.6 Å². The highest BCUT2D eigenvalue weighted by Crippen LogP contribution is 2.66. The molecule has 1 N–H and O–H groups in total. The number of aliphatic hydroxyl groups is 1. The van der Waals surface area contributed by atoms with Crippen molar-refractivity contribution in [3.05, 3.63) is 95.1 Å². The van der Waals surface area contributed by atoms with E-state index in [2.05, 4.69) is 34.1 Å². The molecule has 2 bridgehead atoms. The molecule has 1 saturated carbocycles. The van der Waals surface area contributed by atoms with Gasteiger partial charge in [-0.1, -0.05) is 66.7 Å². The van der Waals surface area contributed by atoms with Crippen molar-refractivity contribution >= 4 is 10.1 Å². The van der Waals surface area contributed by atoms with Crippen LogP contribution < -0.4 is 8.92 Å². The Balaban J connectivity index is 1.36. The number of likely N-dealkylation sites (N-methyl/N-ethyl adjacent to an activating group) is 1. The first-order valence-electron chi connectivity index (χ1n) is 14.5. The number of benzene rings is 3. The molecule has 3 aromatic rings. The van der Waals surface area contributed by atoms with Gasteiger partial charge in [0.05, 0.1) is 11.0 Å². The summed E-state index contributed by atoms with van der Waals surface area (Å²) in [5.41, 5.74) is -4.12. The zero-order valence-corrected chi connectivity index (χ0v) is 24.4.